The standard InChI is InChI=1S/C23H19N3O4S/c1-13-7-8-16(26-22(27)14-5-3-2-4-6-14)9-18(13)30-11-15-12-31-20-17(23(28)29)10-25-21(24)19(15)20/h2-10,12H,11H2,1H3,(H2,24,25)(H,26,27)(H,28,29). The van der Waals surface area contributed by atoms with Crippen LogP contribution in [0.1, 0.15) is 31.8 Å². The largest absolute Gasteiger partial charge is 0.489 e. The van der Waals surface area contributed by atoms with Gasteiger partial charge in [-0.15, -0.1) is 11.3 Å². The minimum absolute atomic E-state index is 0.113. The van der Waals surface area contributed by atoms with E-state index in [0.29, 0.717) is 27.1 Å². The lowest BCUT2D eigenvalue weighted by Crippen LogP contribution is -2.11. The molecule has 0 aliphatic carbocycles. The number of aromatic carboxylic acids is 1. The van der Waals surface area contributed by atoms with Crippen molar-refractivity contribution in [2.45, 2.75) is 13.5 Å². The number of carboxylic acid groups (broad SMARTS) is 1. The number of hydrogen-bond acceptors (Lipinski definition) is 6. The third kappa shape index (κ3) is 4.19. The molecule has 1 amide bonds. The number of nitrogens with zero attached hydrogens (tertiary/aromatic N) is 1. The Labute approximate surface area is 182 Å². The topological polar surface area (TPSA) is 115 Å². The number of amides is 1. The van der Waals surface area contributed by atoms with E-state index in [1.165, 1.54) is 17.5 Å². The number of anilines is 2. The first-order chi connectivity index (χ1) is 14.9. The Morgan fingerprint density at radius 2 is 1.97 bits per heavy atom. The Bertz CT molecular complexity index is 1280. The number of rotatable bonds is 6. The van der Waals surface area contributed by atoms with E-state index in [-0.39, 0.29) is 23.9 Å². The van der Waals surface area contributed by atoms with Crippen LogP contribution in [0.3, 0.4) is 0 Å². The minimum Gasteiger partial charge on any atom is -0.489 e. The average Bonchev–Trinajstić information content (AvgIpc) is 3.19. The van der Waals surface area contributed by atoms with Crippen LogP contribution in [-0.4, -0.2) is 22.0 Å². The molecule has 2 heterocycles. The summed E-state index contributed by atoms with van der Waals surface area (Å²) < 4.78 is 6.57. The first-order valence-electron chi connectivity index (χ1n) is 9.41. The molecule has 156 valence electrons. The average molecular weight is 433 g/mol. The normalized spacial score (nSPS) is 10.7. The maximum Gasteiger partial charge on any atom is 0.338 e. The smallest absolute Gasteiger partial charge is 0.338 e. The molecule has 0 spiro atoms. The molecule has 0 atom stereocenters. The van der Waals surface area contributed by atoms with E-state index in [2.05, 4.69) is 10.3 Å². The number of nitrogens with two attached hydrogens (primary N) is 1. The number of carbonyl (C=O) groups is 2. The van der Waals surface area contributed by atoms with Crippen LogP contribution >= 0.6 is 11.3 Å². The van der Waals surface area contributed by atoms with Crippen molar-refractivity contribution in [3.8, 4) is 5.75 Å². The van der Waals surface area contributed by atoms with Gasteiger partial charge in [0.15, 0.2) is 0 Å². The molecule has 0 saturated heterocycles. The van der Waals surface area contributed by atoms with E-state index in [1.54, 1.807) is 30.3 Å². The number of carboxylic acids is 1. The second-order valence-corrected chi connectivity index (χ2v) is 7.80. The number of ether oxygens (including phenoxy) is 1. The van der Waals surface area contributed by atoms with Crippen molar-refractivity contribution in [2.24, 2.45) is 0 Å². The van der Waals surface area contributed by atoms with E-state index in [0.717, 1.165) is 11.1 Å². The first-order valence-corrected chi connectivity index (χ1v) is 10.3. The number of aryl methyl sites for hydroxylation is 1. The Morgan fingerprint density at radius 3 is 2.71 bits per heavy atom. The predicted octanol–water partition coefficient (Wildman–Crippen LogP) is 4.72. The lowest BCUT2D eigenvalue weighted by atomic mass is 10.1. The summed E-state index contributed by atoms with van der Waals surface area (Å²) in [5.74, 6) is -0.393. The fourth-order valence-electron chi connectivity index (χ4n) is 3.17. The Balaban J connectivity index is 1.55. The molecule has 0 radical (unpaired) electrons. The molecule has 0 aliphatic rings. The lowest BCUT2D eigenvalue weighted by Gasteiger charge is -2.12. The third-order valence-electron chi connectivity index (χ3n) is 4.80. The second-order valence-electron chi connectivity index (χ2n) is 6.92. The fourth-order valence-corrected chi connectivity index (χ4v) is 4.24. The summed E-state index contributed by atoms with van der Waals surface area (Å²) in [7, 11) is 0. The maximum atomic E-state index is 12.4. The summed E-state index contributed by atoms with van der Waals surface area (Å²) in [5.41, 5.74) is 8.94. The monoisotopic (exact) mass is 433 g/mol. The molecule has 2 aromatic carbocycles. The van der Waals surface area contributed by atoms with Gasteiger partial charge < -0.3 is 20.9 Å². The molecular formula is C23H19N3O4S. The molecule has 0 fully saturated rings. The highest BCUT2D eigenvalue weighted by molar-refractivity contribution is 7.17. The van der Waals surface area contributed by atoms with Gasteiger partial charge in [-0.2, -0.15) is 0 Å². The van der Waals surface area contributed by atoms with Gasteiger partial charge in [0.05, 0.1) is 10.3 Å². The Hall–Kier alpha value is -3.91. The quantitative estimate of drug-likeness (QED) is 0.405. The van der Waals surface area contributed by atoms with E-state index in [1.807, 2.05) is 30.5 Å². The highest BCUT2D eigenvalue weighted by Crippen LogP contribution is 2.33. The third-order valence-corrected chi connectivity index (χ3v) is 5.86. The zero-order valence-electron chi connectivity index (χ0n) is 16.6. The van der Waals surface area contributed by atoms with Crippen molar-refractivity contribution in [1.82, 2.24) is 4.98 Å². The van der Waals surface area contributed by atoms with E-state index in [4.69, 9.17) is 10.5 Å². The van der Waals surface area contributed by atoms with Gasteiger partial charge in [-0.3, -0.25) is 4.79 Å². The molecule has 8 heteroatoms. The van der Waals surface area contributed by atoms with Gasteiger partial charge in [-0.05, 0) is 36.1 Å². The van der Waals surface area contributed by atoms with Gasteiger partial charge in [0.2, 0.25) is 0 Å². The summed E-state index contributed by atoms with van der Waals surface area (Å²) in [6.45, 7) is 2.09. The van der Waals surface area contributed by atoms with Gasteiger partial charge in [-0.25, -0.2) is 9.78 Å². The van der Waals surface area contributed by atoms with E-state index < -0.39 is 5.97 Å². The number of hydrogen-bond donors (Lipinski definition) is 3. The van der Waals surface area contributed by atoms with Gasteiger partial charge >= 0.3 is 5.97 Å². The number of pyridine rings is 1. The van der Waals surface area contributed by atoms with Crippen LogP contribution in [-0.2, 0) is 6.61 Å². The molecular weight excluding hydrogens is 414 g/mol. The van der Waals surface area contributed by atoms with Gasteiger partial charge in [0, 0.05) is 34.5 Å². The predicted molar refractivity (Wildman–Crippen MR) is 121 cm³/mol. The molecule has 0 saturated carbocycles. The van der Waals surface area contributed by atoms with Crippen LogP contribution in [0.2, 0.25) is 0 Å². The molecule has 0 aliphatic heterocycles. The number of nitrogen functional groups attached to an aromatic ring is 1. The van der Waals surface area contributed by atoms with Crippen molar-refractivity contribution >= 4 is 44.8 Å². The summed E-state index contributed by atoms with van der Waals surface area (Å²) in [6.07, 6.45) is 1.27. The van der Waals surface area contributed by atoms with E-state index >= 15 is 0 Å². The molecule has 7 nitrogen and oxygen atoms in total. The van der Waals surface area contributed by atoms with Crippen molar-refractivity contribution in [3.05, 3.63) is 82.4 Å². The Morgan fingerprint density at radius 1 is 1.19 bits per heavy atom. The first kappa shape index (κ1) is 20.4. The van der Waals surface area contributed by atoms with Crippen LogP contribution in [0, 0.1) is 6.92 Å². The zero-order valence-corrected chi connectivity index (χ0v) is 17.4. The van der Waals surface area contributed by atoms with Crippen LogP contribution in [0.15, 0.2) is 60.1 Å². The van der Waals surface area contributed by atoms with Crippen molar-refractivity contribution in [1.29, 1.82) is 0 Å². The van der Waals surface area contributed by atoms with Crippen molar-refractivity contribution in [3.63, 3.8) is 0 Å². The number of fused-ring (bicyclic) bond motifs is 1. The minimum atomic E-state index is -1.05. The Kier molecular flexibility index (Phi) is 5.55. The van der Waals surface area contributed by atoms with Crippen LogP contribution < -0.4 is 15.8 Å². The molecule has 0 bridgehead atoms. The number of benzene rings is 2. The van der Waals surface area contributed by atoms with Gasteiger partial charge in [0.1, 0.15) is 18.2 Å². The van der Waals surface area contributed by atoms with Crippen molar-refractivity contribution in [2.75, 3.05) is 11.1 Å². The molecule has 2 aromatic heterocycles. The molecule has 31 heavy (non-hydrogen) atoms. The van der Waals surface area contributed by atoms with Gasteiger partial charge in [-0.1, -0.05) is 24.3 Å². The molecule has 4 aromatic rings. The number of carbonyl (C=O) groups excluding carboxylic acids is 1. The summed E-state index contributed by atoms with van der Waals surface area (Å²) in [6, 6.07) is 14.4. The molecule has 4 N–H and O–H groups in total. The molecule has 4 rings (SSSR count). The zero-order chi connectivity index (χ0) is 22.0. The summed E-state index contributed by atoms with van der Waals surface area (Å²) in [4.78, 5) is 27.9. The SMILES string of the molecule is Cc1ccc(NC(=O)c2ccccc2)cc1OCc1csc2c(C(=O)O)cnc(N)c12. The van der Waals surface area contributed by atoms with Gasteiger partial charge in [0.25, 0.3) is 5.91 Å². The van der Waals surface area contributed by atoms with Crippen LogP contribution in [0.5, 0.6) is 5.75 Å². The van der Waals surface area contributed by atoms with E-state index in [9.17, 15) is 14.7 Å². The highest BCUT2D eigenvalue weighted by Gasteiger charge is 2.17. The molecule has 0 unspecified atom stereocenters. The summed E-state index contributed by atoms with van der Waals surface area (Å²) >= 11 is 1.29. The summed E-state index contributed by atoms with van der Waals surface area (Å²) in [5, 5.41) is 14.7. The highest BCUT2D eigenvalue weighted by atomic mass is 32.1. The fraction of sp³-hybridized carbons (Fsp3) is 0.0870. The number of thiophene rings is 1. The van der Waals surface area contributed by atoms with Crippen LogP contribution in [0.25, 0.3) is 10.1 Å². The lowest BCUT2D eigenvalue weighted by molar-refractivity contribution is 0.0698. The number of nitrogens with one attached hydrogen (secondary N) is 1. The second kappa shape index (κ2) is 8.45. The number of aromatic nitrogens is 1. The van der Waals surface area contributed by atoms with Crippen molar-refractivity contribution < 1.29 is 19.4 Å². The maximum absolute atomic E-state index is 12.4. The van der Waals surface area contributed by atoms with Crippen LogP contribution in [0.4, 0.5) is 11.5 Å².